The molecule has 1 aliphatic carbocycles. The number of piperidine rings is 1. The highest BCUT2D eigenvalue weighted by molar-refractivity contribution is 7.89. The summed E-state index contributed by atoms with van der Waals surface area (Å²) in [6.45, 7) is 7.27. The van der Waals surface area contributed by atoms with Crippen molar-refractivity contribution in [3.05, 3.63) is 59.9 Å². The Kier molecular flexibility index (Phi) is 11.7. The minimum Gasteiger partial charge on any atom is -0.325 e. The highest BCUT2D eigenvalue weighted by atomic mass is 32.2. The largest absolute Gasteiger partial charge is 0.416 e. The van der Waals surface area contributed by atoms with Gasteiger partial charge in [0.1, 0.15) is 5.82 Å². The van der Waals surface area contributed by atoms with Gasteiger partial charge in [-0.3, -0.25) is 9.69 Å². The van der Waals surface area contributed by atoms with Gasteiger partial charge in [-0.05, 0) is 61.2 Å². The molecule has 2 aliphatic rings. The van der Waals surface area contributed by atoms with Crippen LogP contribution in [0.4, 0.5) is 23.2 Å². The van der Waals surface area contributed by atoms with Crippen molar-refractivity contribution in [2.45, 2.75) is 63.6 Å². The Morgan fingerprint density at radius 3 is 2.08 bits per heavy atom. The molecule has 0 bridgehead atoms. The van der Waals surface area contributed by atoms with Crippen molar-refractivity contribution < 1.29 is 30.8 Å². The summed E-state index contributed by atoms with van der Waals surface area (Å²) in [4.78, 5) is 13.6. The summed E-state index contributed by atoms with van der Waals surface area (Å²) in [5.41, 5.74) is -0.549. The number of benzene rings is 2. The molecule has 0 atom stereocenters. The fourth-order valence-corrected chi connectivity index (χ4v) is 5.20. The smallest absolute Gasteiger partial charge is 0.325 e. The van der Waals surface area contributed by atoms with E-state index in [1.807, 2.05) is 18.7 Å². The van der Waals surface area contributed by atoms with Crippen molar-refractivity contribution in [3.8, 4) is 0 Å². The van der Waals surface area contributed by atoms with E-state index < -0.39 is 38.5 Å². The van der Waals surface area contributed by atoms with Gasteiger partial charge in [-0.15, -0.1) is 0 Å². The Balaban J connectivity index is 0.000000756. The minimum atomic E-state index is -4.63. The second kappa shape index (κ2) is 14.0. The summed E-state index contributed by atoms with van der Waals surface area (Å²) >= 11 is 0. The van der Waals surface area contributed by atoms with Crippen molar-refractivity contribution in [2.24, 2.45) is 5.92 Å². The molecule has 0 unspecified atom stereocenters. The third-order valence-corrected chi connectivity index (χ3v) is 8.18. The SMILES string of the molecule is CC.CC1CC1.CN(C1CCN(CC(=O)Nc2ccc(F)cc2)CC1)S(=O)(=O)c1cccc(C(F)(F)F)c1. The highest BCUT2D eigenvalue weighted by Crippen LogP contribution is 2.32. The van der Waals surface area contributed by atoms with Gasteiger partial charge in [0.2, 0.25) is 15.9 Å². The molecule has 1 saturated heterocycles. The monoisotopic (exact) mass is 559 g/mol. The highest BCUT2D eigenvalue weighted by Gasteiger charge is 2.35. The Hall–Kier alpha value is -2.50. The Labute approximate surface area is 223 Å². The molecule has 1 amide bonds. The number of carbonyl (C=O) groups is 1. The lowest BCUT2D eigenvalue weighted by atomic mass is 10.1. The fourth-order valence-electron chi connectivity index (χ4n) is 3.74. The second-order valence-electron chi connectivity index (χ2n) is 9.29. The molecule has 6 nitrogen and oxygen atoms in total. The molecule has 1 saturated carbocycles. The van der Waals surface area contributed by atoms with Crippen molar-refractivity contribution in [1.29, 1.82) is 0 Å². The van der Waals surface area contributed by atoms with E-state index in [4.69, 9.17) is 0 Å². The molecule has 38 heavy (non-hydrogen) atoms. The third-order valence-electron chi connectivity index (χ3n) is 6.27. The topological polar surface area (TPSA) is 69.7 Å². The summed E-state index contributed by atoms with van der Waals surface area (Å²) in [6, 6.07) is 8.67. The lowest BCUT2D eigenvalue weighted by molar-refractivity contribution is -0.137. The molecular weight excluding hydrogens is 522 g/mol. The number of hydrogen-bond donors (Lipinski definition) is 1. The second-order valence-corrected chi connectivity index (χ2v) is 11.3. The third kappa shape index (κ3) is 9.67. The quantitative estimate of drug-likeness (QED) is 0.440. The van der Waals surface area contributed by atoms with Gasteiger partial charge in [0.05, 0.1) is 17.0 Å². The number of nitrogens with one attached hydrogen (secondary N) is 1. The first-order valence-corrected chi connectivity index (χ1v) is 14.2. The van der Waals surface area contributed by atoms with Crippen LogP contribution in [0.3, 0.4) is 0 Å². The normalized spacial score (nSPS) is 16.7. The van der Waals surface area contributed by atoms with Crippen LogP contribution < -0.4 is 5.32 Å². The molecular formula is C27H37F4N3O3S. The standard InChI is InChI=1S/C21H23F4N3O3S.C4H8.C2H6/c1-27(32(30,31)19-4-2-3-15(13-19)21(23,24)25)18-9-11-28(12-10-18)14-20(29)26-17-7-5-16(22)6-8-17;1-4-2-3-4;1-2/h2-8,13,18H,9-12,14H2,1H3,(H,26,29);4H,2-3H2,1H3;1-2H3. The molecule has 0 radical (unpaired) electrons. The van der Waals surface area contributed by atoms with E-state index >= 15 is 0 Å². The van der Waals surface area contributed by atoms with Crippen molar-refractivity contribution in [2.75, 3.05) is 32.0 Å². The first-order valence-electron chi connectivity index (χ1n) is 12.8. The predicted octanol–water partition coefficient (Wildman–Crippen LogP) is 6.01. The van der Waals surface area contributed by atoms with Crippen molar-refractivity contribution >= 4 is 21.6 Å². The minimum absolute atomic E-state index is 0.0915. The number of likely N-dealkylation sites (tertiary alicyclic amines) is 1. The summed E-state index contributed by atoms with van der Waals surface area (Å²) in [5.74, 6) is 0.397. The van der Waals surface area contributed by atoms with Gasteiger partial charge in [0, 0.05) is 31.9 Å². The maximum Gasteiger partial charge on any atom is 0.416 e. The van der Waals surface area contributed by atoms with Crippen LogP contribution in [0, 0.1) is 11.7 Å². The molecule has 0 spiro atoms. The number of carbonyl (C=O) groups excluding carboxylic acids is 1. The first kappa shape index (κ1) is 31.7. The van der Waals surface area contributed by atoms with E-state index in [1.165, 1.54) is 44.2 Å². The molecule has 1 N–H and O–H groups in total. The van der Waals surface area contributed by atoms with Crippen LogP contribution in [0.25, 0.3) is 0 Å². The van der Waals surface area contributed by atoms with Gasteiger partial charge in [0.25, 0.3) is 0 Å². The van der Waals surface area contributed by atoms with Crippen LogP contribution in [-0.2, 0) is 21.0 Å². The summed E-state index contributed by atoms with van der Waals surface area (Å²) in [6.07, 6.45) is -0.805. The number of nitrogens with zero attached hydrogens (tertiary/aromatic N) is 2. The van der Waals surface area contributed by atoms with Crippen LogP contribution in [0.2, 0.25) is 0 Å². The molecule has 11 heteroatoms. The van der Waals surface area contributed by atoms with Crippen LogP contribution in [-0.4, -0.2) is 56.3 Å². The van der Waals surface area contributed by atoms with E-state index in [0.29, 0.717) is 37.7 Å². The molecule has 0 aromatic heterocycles. The lowest BCUT2D eigenvalue weighted by Crippen LogP contribution is -2.47. The zero-order valence-electron chi connectivity index (χ0n) is 22.3. The van der Waals surface area contributed by atoms with Crippen molar-refractivity contribution in [3.63, 3.8) is 0 Å². The number of halogens is 4. The van der Waals surface area contributed by atoms with Crippen LogP contribution >= 0.6 is 0 Å². The Morgan fingerprint density at radius 1 is 1.03 bits per heavy atom. The van der Waals surface area contributed by atoms with E-state index in [1.54, 1.807) is 0 Å². The number of anilines is 1. The fraction of sp³-hybridized carbons (Fsp3) is 0.519. The number of rotatable bonds is 6. The summed E-state index contributed by atoms with van der Waals surface area (Å²) in [7, 11) is -2.74. The molecule has 1 aliphatic heterocycles. The van der Waals surface area contributed by atoms with E-state index in [-0.39, 0.29) is 12.5 Å². The van der Waals surface area contributed by atoms with Gasteiger partial charge in [0.15, 0.2) is 0 Å². The van der Waals surface area contributed by atoms with Crippen LogP contribution in [0.5, 0.6) is 0 Å². The van der Waals surface area contributed by atoms with Gasteiger partial charge in [-0.25, -0.2) is 12.8 Å². The lowest BCUT2D eigenvalue weighted by Gasteiger charge is -2.35. The molecule has 1 heterocycles. The van der Waals surface area contributed by atoms with E-state index in [9.17, 15) is 30.8 Å². The van der Waals surface area contributed by atoms with Gasteiger partial charge >= 0.3 is 6.18 Å². The van der Waals surface area contributed by atoms with Gasteiger partial charge in [-0.2, -0.15) is 17.5 Å². The maximum absolute atomic E-state index is 13.0. The molecule has 2 aromatic carbocycles. The van der Waals surface area contributed by atoms with Crippen LogP contribution in [0.1, 0.15) is 52.0 Å². The number of sulfonamides is 1. The molecule has 2 fully saturated rings. The van der Waals surface area contributed by atoms with Crippen molar-refractivity contribution in [1.82, 2.24) is 9.21 Å². The average molecular weight is 560 g/mol. The number of alkyl halides is 3. The number of hydrogen-bond acceptors (Lipinski definition) is 4. The predicted molar refractivity (Wildman–Crippen MR) is 141 cm³/mol. The first-order chi connectivity index (χ1) is 17.9. The number of amides is 1. The Bertz CT molecular complexity index is 1130. The molecule has 4 rings (SSSR count). The summed E-state index contributed by atoms with van der Waals surface area (Å²) in [5, 5.41) is 2.67. The van der Waals surface area contributed by atoms with Gasteiger partial charge in [-0.1, -0.05) is 39.7 Å². The van der Waals surface area contributed by atoms with Gasteiger partial charge < -0.3 is 5.32 Å². The van der Waals surface area contributed by atoms with E-state index in [0.717, 1.165) is 28.4 Å². The zero-order valence-corrected chi connectivity index (χ0v) is 23.1. The van der Waals surface area contributed by atoms with E-state index in [2.05, 4.69) is 12.2 Å². The summed E-state index contributed by atoms with van der Waals surface area (Å²) < 4.78 is 78.6. The Morgan fingerprint density at radius 2 is 1.58 bits per heavy atom. The zero-order chi connectivity index (χ0) is 28.5. The van der Waals surface area contributed by atoms with Crippen LogP contribution in [0.15, 0.2) is 53.4 Å². The molecule has 212 valence electrons. The molecule has 2 aromatic rings. The maximum atomic E-state index is 13.0. The average Bonchev–Trinajstić information content (AvgIpc) is 3.68.